The molecule has 0 unspecified atom stereocenters. The van der Waals surface area contributed by atoms with Crippen LogP contribution in [-0.4, -0.2) is 53.0 Å². The first-order chi connectivity index (χ1) is 12.8. The van der Waals surface area contributed by atoms with Gasteiger partial charge in [-0.05, 0) is 24.3 Å². The van der Waals surface area contributed by atoms with Gasteiger partial charge in [0.15, 0.2) is 5.78 Å². The predicted molar refractivity (Wildman–Crippen MR) is 92.7 cm³/mol. The van der Waals surface area contributed by atoms with Crippen molar-refractivity contribution >= 4 is 23.7 Å². The van der Waals surface area contributed by atoms with Crippen LogP contribution in [0.2, 0.25) is 0 Å². The number of nitrogens with zero attached hydrogens (tertiary/aromatic N) is 2. The maximum atomic E-state index is 11.3. The van der Waals surface area contributed by atoms with E-state index in [1.807, 2.05) is 0 Å². The molecule has 0 saturated carbocycles. The largest absolute Gasteiger partial charge is 0.477 e. The summed E-state index contributed by atoms with van der Waals surface area (Å²) in [6.07, 6.45) is 0.373. The fraction of sp³-hybridized carbons (Fsp3) is 0.222. The third kappa shape index (κ3) is 6.31. The fourth-order valence-corrected chi connectivity index (χ4v) is 1.76. The number of carbonyl (C=O) groups excluding carboxylic acids is 3. The second-order valence-corrected chi connectivity index (χ2v) is 4.88. The van der Waals surface area contributed by atoms with Gasteiger partial charge in [-0.3, -0.25) is 4.79 Å². The number of rotatable bonds is 5. The second-order valence-electron chi connectivity index (χ2n) is 4.88. The van der Waals surface area contributed by atoms with Crippen LogP contribution in [0.25, 0.3) is 0 Å². The van der Waals surface area contributed by atoms with Crippen LogP contribution < -0.4 is 0 Å². The molecule has 0 aromatic carbocycles. The molecule has 0 saturated heterocycles. The molecular weight excluding hydrogens is 356 g/mol. The number of ether oxygens (including phenoxy) is 2. The van der Waals surface area contributed by atoms with E-state index in [-0.39, 0.29) is 22.9 Å². The van der Waals surface area contributed by atoms with Gasteiger partial charge in [-0.15, -0.1) is 0 Å². The van der Waals surface area contributed by atoms with Crippen molar-refractivity contribution in [3.63, 3.8) is 0 Å². The number of pyridine rings is 2. The normalized spacial score (nSPS) is 9.44. The van der Waals surface area contributed by atoms with E-state index in [0.29, 0.717) is 12.1 Å². The van der Waals surface area contributed by atoms with Gasteiger partial charge >= 0.3 is 17.9 Å². The lowest BCUT2D eigenvalue weighted by Gasteiger charge is -2.00. The summed E-state index contributed by atoms with van der Waals surface area (Å²) in [5.41, 5.74) is 0.271. The molecule has 0 amide bonds. The third-order valence-corrected chi connectivity index (χ3v) is 3.11. The monoisotopic (exact) mass is 374 g/mol. The Hall–Kier alpha value is -3.62. The predicted octanol–water partition coefficient (Wildman–Crippen LogP) is 2.03. The maximum Gasteiger partial charge on any atom is 0.356 e. The molecule has 0 bridgehead atoms. The molecule has 2 rings (SSSR count). The van der Waals surface area contributed by atoms with E-state index >= 15 is 0 Å². The quantitative estimate of drug-likeness (QED) is 0.616. The van der Waals surface area contributed by atoms with Gasteiger partial charge in [-0.1, -0.05) is 19.1 Å². The third-order valence-electron chi connectivity index (χ3n) is 3.11. The van der Waals surface area contributed by atoms with E-state index in [9.17, 15) is 19.2 Å². The zero-order valence-electron chi connectivity index (χ0n) is 15.0. The number of carbonyl (C=O) groups is 4. The van der Waals surface area contributed by atoms with Gasteiger partial charge < -0.3 is 14.6 Å². The summed E-state index contributed by atoms with van der Waals surface area (Å²) >= 11 is 0. The summed E-state index contributed by atoms with van der Waals surface area (Å²) < 4.78 is 8.87. The summed E-state index contributed by atoms with van der Waals surface area (Å²) in [6, 6.07) is 8.83. The van der Waals surface area contributed by atoms with Crippen LogP contribution in [0.5, 0.6) is 0 Å². The topological polar surface area (TPSA) is 133 Å². The standard InChI is InChI=1S/C10H11NO3.C8H7NO4/c1-3-9(12)7-5-4-6-8(11-7)10(13)14-2;1-13-8(12)6-4-2-3-5(9-6)7(10)11/h4-6H,3H2,1-2H3;2-4H,1H3,(H,10,11). The van der Waals surface area contributed by atoms with Crippen LogP contribution >= 0.6 is 0 Å². The lowest BCUT2D eigenvalue weighted by Crippen LogP contribution is -2.08. The highest BCUT2D eigenvalue weighted by Gasteiger charge is 2.11. The van der Waals surface area contributed by atoms with Gasteiger partial charge in [0.2, 0.25) is 0 Å². The molecule has 0 aliphatic heterocycles. The van der Waals surface area contributed by atoms with E-state index in [2.05, 4.69) is 19.4 Å². The van der Waals surface area contributed by atoms with Crippen molar-refractivity contribution in [3.05, 3.63) is 59.2 Å². The number of methoxy groups -OCH3 is 2. The van der Waals surface area contributed by atoms with Crippen LogP contribution in [0.1, 0.15) is 55.3 Å². The van der Waals surface area contributed by atoms with Crippen molar-refractivity contribution in [1.82, 2.24) is 9.97 Å². The number of esters is 2. The number of aromatic nitrogens is 2. The number of hydrogen-bond acceptors (Lipinski definition) is 8. The Morgan fingerprint density at radius 2 is 1.22 bits per heavy atom. The number of aromatic carboxylic acids is 1. The molecule has 9 heteroatoms. The van der Waals surface area contributed by atoms with Crippen molar-refractivity contribution in [3.8, 4) is 0 Å². The number of Topliss-reactive ketones (excluding diaryl/α,β-unsaturated/α-hetero) is 1. The minimum Gasteiger partial charge on any atom is -0.477 e. The van der Waals surface area contributed by atoms with Crippen LogP contribution in [-0.2, 0) is 9.47 Å². The molecule has 0 fully saturated rings. The van der Waals surface area contributed by atoms with Gasteiger partial charge in [0.05, 0.1) is 14.2 Å². The molecule has 2 heterocycles. The molecule has 0 aliphatic rings. The summed E-state index contributed by atoms with van der Waals surface area (Å²) in [5, 5.41) is 8.55. The first-order valence-electron chi connectivity index (χ1n) is 7.71. The summed E-state index contributed by atoms with van der Waals surface area (Å²) in [7, 11) is 2.48. The maximum absolute atomic E-state index is 11.3. The highest BCUT2D eigenvalue weighted by Crippen LogP contribution is 2.03. The van der Waals surface area contributed by atoms with Gasteiger partial charge in [-0.2, -0.15) is 0 Å². The lowest BCUT2D eigenvalue weighted by molar-refractivity contribution is 0.0583. The van der Waals surface area contributed by atoms with Crippen molar-refractivity contribution in [2.45, 2.75) is 13.3 Å². The van der Waals surface area contributed by atoms with Crippen molar-refractivity contribution in [2.75, 3.05) is 14.2 Å². The zero-order chi connectivity index (χ0) is 20.4. The summed E-state index contributed by atoms with van der Waals surface area (Å²) in [5.74, 6) is -2.44. The molecule has 0 aliphatic carbocycles. The number of hydrogen-bond donors (Lipinski definition) is 1. The van der Waals surface area contributed by atoms with Gasteiger partial charge in [0.1, 0.15) is 22.8 Å². The summed E-state index contributed by atoms with van der Waals surface area (Å²) in [4.78, 5) is 51.2. The van der Waals surface area contributed by atoms with E-state index in [4.69, 9.17) is 5.11 Å². The van der Waals surface area contributed by atoms with Crippen molar-refractivity contribution in [2.24, 2.45) is 0 Å². The first-order valence-corrected chi connectivity index (χ1v) is 7.71. The van der Waals surface area contributed by atoms with E-state index < -0.39 is 17.9 Å². The van der Waals surface area contributed by atoms with E-state index in [1.165, 1.54) is 38.5 Å². The highest BCUT2D eigenvalue weighted by molar-refractivity contribution is 5.95. The SMILES string of the molecule is CCC(=O)c1cccc(C(=O)OC)n1.COC(=O)c1cccc(C(=O)O)n1. The van der Waals surface area contributed by atoms with E-state index in [1.54, 1.807) is 19.1 Å². The minimum absolute atomic E-state index is 0.0117. The van der Waals surface area contributed by atoms with Crippen LogP contribution in [0, 0.1) is 0 Å². The number of carboxylic acid groups (broad SMARTS) is 1. The lowest BCUT2D eigenvalue weighted by atomic mass is 10.2. The molecule has 0 spiro atoms. The van der Waals surface area contributed by atoms with Gasteiger partial charge in [0.25, 0.3) is 0 Å². The average molecular weight is 374 g/mol. The molecule has 0 radical (unpaired) electrons. The smallest absolute Gasteiger partial charge is 0.356 e. The van der Waals surface area contributed by atoms with Crippen molar-refractivity contribution in [1.29, 1.82) is 0 Å². The van der Waals surface area contributed by atoms with Crippen LogP contribution in [0.4, 0.5) is 0 Å². The second kappa shape index (κ2) is 10.4. The van der Waals surface area contributed by atoms with Crippen molar-refractivity contribution < 1.29 is 33.8 Å². The Labute approximate surface area is 155 Å². The minimum atomic E-state index is -1.18. The van der Waals surface area contributed by atoms with Gasteiger partial charge in [0, 0.05) is 6.42 Å². The number of ketones is 1. The molecule has 27 heavy (non-hydrogen) atoms. The molecule has 2 aromatic heterocycles. The Morgan fingerprint density at radius 1 is 0.815 bits per heavy atom. The highest BCUT2D eigenvalue weighted by atomic mass is 16.5. The Bertz CT molecular complexity index is 818. The Morgan fingerprint density at radius 3 is 1.63 bits per heavy atom. The van der Waals surface area contributed by atoms with Gasteiger partial charge in [-0.25, -0.2) is 24.4 Å². The zero-order valence-corrected chi connectivity index (χ0v) is 15.0. The molecule has 142 valence electrons. The molecule has 9 nitrogen and oxygen atoms in total. The first kappa shape index (κ1) is 21.4. The average Bonchev–Trinajstić information content (AvgIpc) is 2.72. The van der Waals surface area contributed by atoms with E-state index in [0.717, 1.165) is 0 Å². The molecular formula is C18H18N2O7. The van der Waals surface area contributed by atoms with Crippen LogP contribution in [0.3, 0.4) is 0 Å². The fourth-order valence-electron chi connectivity index (χ4n) is 1.76. The number of carboxylic acids is 1. The Kier molecular flexibility index (Phi) is 8.24. The molecule has 0 atom stereocenters. The molecule has 2 aromatic rings. The van der Waals surface area contributed by atoms with Crippen LogP contribution in [0.15, 0.2) is 36.4 Å². The molecule has 1 N–H and O–H groups in total. The summed E-state index contributed by atoms with van der Waals surface area (Å²) in [6.45, 7) is 1.74. The Balaban J connectivity index is 0.000000271.